The maximum absolute atomic E-state index is 13.4. The molecular formula is C14H13F4N5O. The molecule has 1 aromatic heterocycles. The maximum Gasteiger partial charge on any atom is 0.453 e. The highest BCUT2D eigenvalue weighted by Crippen LogP contribution is 2.25. The number of hydrazone groups is 1. The van der Waals surface area contributed by atoms with Crippen LogP contribution in [0.2, 0.25) is 0 Å². The van der Waals surface area contributed by atoms with E-state index in [9.17, 15) is 22.4 Å². The van der Waals surface area contributed by atoms with Gasteiger partial charge in [0.15, 0.2) is 0 Å². The van der Waals surface area contributed by atoms with Crippen molar-refractivity contribution in [3.63, 3.8) is 0 Å². The van der Waals surface area contributed by atoms with E-state index in [1.807, 2.05) is 0 Å². The zero-order valence-electron chi connectivity index (χ0n) is 12.5. The molecule has 10 heteroatoms. The summed E-state index contributed by atoms with van der Waals surface area (Å²) in [6.07, 6.45) is -3.34. The van der Waals surface area contributed by atoms with Crippen LogP contribution < -0.4 is 5.43 Å². The molecule has 0 bridgehead atoms. The highest BCUT2D eigenvalue weighted by atomic mass is 19.4. The second-order valence-electron chi connectivity index (χ2n) is 4.94. The van der Waals surface area contributed by atoms with Gasteiger partial charge in [0.25, 0.3) is 5.82 Å². The van der Waals surface area contributed by atoms with Crippen LogP contribution in [0.3, 0.4) is 0 Å². The lowest BCUT2D eigenvalue weighted by Gasteiger charge is -2.15. The normalized spacial score (nSPS) is 13.6. The van der Waals surface area contributed by atoms with Crippen molar-refractivity contribution < 1.29 is 22.4 Å². The first-order valence-electron chi connectivity index (χ1n) is 6.80. The second kappa shape index (κ2) is 7.20. The number of hydrogen-bond acceptors (Lipinski definition) is 4. The monoisotopic (exact) mass is 343 g/mol. The van der Waals surface area contributed by atoms with Crippen LogP contribution in [0.25, 0.3) is 0 Å². The highest BCUT2D eigenvalue weighted by Gasteiger charge is 2.35. The summed E-state index contributed by atoms with van der Waals surface area (Å²) in [6.45, 7) is 1.67. The average molecular weight is 343 g/mol. The Morgan fingerprint density at radius 1 is 1.46 bits per heavy atom. The van der Waals surface area contributed by atoms with Gasteiger partial charge >= 0.3 is 6.18 Å². The minimum Gasteiger partial charge on any atom is -0.277 e. The lowest BCUT2D eigenvalue weighted by Crippen LogP contribution is -2.22. The zero-order valence-corrected chi connectivity index (χ0v) is 12.5. The van der Waals surface area contributed by atoms with Gasteiger partial charge in [0.2, 0.25) is 6.41 Å². The molecule has 0 radical (unpaired) electrons. The van der Waals surface area contributed by atoms with Crippen molar-refractivity contribution in [2.24, 2.45) is 11.0 Å². The third-order valence-corrected chi connectivity index (χ3v) is 3.08. The van der Waals surface area contributed by atoms with E-state index in [1.165, 1.54) is 18.2 Å². The van der Waals surface area contributed by atoms with Crippen molar-refractivity contribution in [3.8, 4) is 0 Å². The average Bonchev–Trinajstić information content (AvgIpc) is 2.96. The summed E-state index contributed by atoms with van der Waals surface area (Å²) in [5.74, 6) is -2.22. The van der Waals surface area contributed by atoms with E-state index < -0.39 is 23.7 Å². The summed E-state index contributed by atoms with van der Waals surface area (Å²) in [5, 5.41) is 7.21. The molecule has 6 nitrogen and oxygen atoms in total. The zero-order chi connectivity index (χ0) is 17.7. The molecule has 128 valence electrons. The Kier molecular flexibility index (Phi) is 5.27. The standard InChI is InChI=1S/C14H13F4N5O/c1-9(6-23-7-19-13(22-23)14(16,17)18)12(21-20-8-24)10-3-2-4-11(15)5-10/h2-5,7-9H,6H2,1H3,(H,20,24). The quantitative estimate of drug-likeness (QED) is 0.378. The molecule has 0 aliphatic heterocycles. The lowest BCUT2D eigenvalue weighted by molar-refractivity contribution is -0.145. The van der Waals surface area contributed by atoms with Gasteiger partial charge in [-0.3, -0.25) is 9.48 Å². The first-order chi connectivity index (χ1) is 11.3. The van der Waals surface area contributed by atoms with Crippen molar-refractivity contribution >= 4 is 12.1 Å². The third-order valence-electron chi connectivity index (χ3n) is 3.08. The smallest absolute Gasteiger partial charge is 0.277 e. The molecule has 1 amide bonds. The first-order valence-corrected chi connectivity index (χ1v) is 6.80. The molecule has 1 aromatic carbocycles. The first kappa shape index (κ1) is 17.6. The molecule has 1 unspecified atom stereocenters. The van der Waals surface area contributed by atoms with Crippen molar-refractivity contribution in [3.05, 3.63) is 47.8 Å². The van der Waals surface area contributed by atoms with Crippen LogP contribution in [0.15, 0.2) is 35.7 Å². The molecule has 0 saturated heterocycles. The molecule has 0 spiro atoms. The van der Waals surface area contributed by atoms with E-state index in [-0.39, 0.29) is 6.54 Å². The molecule has 1 heterocycles. The number of nitrogens with zero attached hydrogens (tertiary/aromatic N) is 4. The minimum absolute atomic E-state index is 0.0129. The Hall–Kier alpha value is -2.78. The maximum atomic E-state index is 13.4. The van der Waals surface area contributed by atoms with E-state index in [4.69, 9.17) is 0 Å². The van der Waals surface area contributed by atoms with Gasteiger partial charge in [-0.2, -0.15) is 18.3 Å². The van der Waals surface area contributed by atoms with Crippen molar-refractivity contribution in [2.45, 2.75) is 19.6 Å². The van der Waals surface area contributed by atoms with Crippen LogP contribution >= 0.6 is 0 Å². The van der Waals surface area contributed by atoms with Crippen molar-refractivity contribution in [1.82, 2.24) is 20.2 Å². The molecule has 24 heavy (non-hydrogen) atoms. The Morgan fingerprint density at radius 3 is 2.79 bits per heavy atom. The number of benzene rings is 1. The number of rotatable bonds is 6. The predicted molar refractivity (Wildman–Crippen MR) is 76.3 cm³/mol. The van der Waals surface area contributed by atoms with Gasteiger partial charge < -0.3 is 0 Å². The predicted octanol–water partition coefficient (Wildman–Crippen LogP) is 2.22. The van der Waals surface area contributed by atoms with Crippen molar-refractivity contribution in [2.75, 3.05) is 0 Å². The summed E-state index contributed by atoms with van der Waals surface area (Å²) in [6, 6.07) is 5.49. The van der Waals surface area contributed by atoms with E-state index in [1.54, 1.807) is 13.0 Å². The molecule has 2 aromatic rings. The van der Waals surface area contributed by atoms with E-state index in [0.29, 0.717) is 17.7 Å². The van der Waals surface area contributed by atoms with Gasteiger partial charge in [0, 0.05) is 11.5 Å². The van der Waals surface area contributed by atoms with Crippen LogP contribution in [0.5, 0.6) is 0 Å². The second-order valence-corrected chi connectivity index (χ2v) is 4.94. The summed E-state index contributed by atoms with van der Waals surface area (Å²) < 4.78 is 52.0. The van der Waals surface area contributed by atoms with E-state index in [0.717, 1.165) is 11.0 Å². The topological polar surface area (TPSA) is 72.2 Å². The molecule has 0 fully saturated rings. The number of aromatic nitrogens is 3. The van der Waals surface area contributed by atoms with Gasteiger partial charge in [0.1, 0.15) is 12.1 Å². The number of halogens is 4. The Balaban J connectivity index is 2.24. The van der Waals surface area contributed by atoms with E-state index >= 15 is 0 Å². The summed E-state index contributed by atoms with van der Waals surface area (Å²) in [4.78, 5) is 13.7. The fourth-order valence-electron chi connectivity index (χ4n) is 2.08. The SMILES string of the molecule is CC(Cn1cnc(C(F)(F)F)n1)C(=NNC=O)c1cccc(F)c1. The van der Waals surface area contributed by atoms with Gasteiger partial charge in [-0.05, 0) is 12.1 Å². The Labute approximate surface area is 134 Å². The lowest BCUT2D eigenvalue weighted by atomic mass is 9.98. The van der Waals surface area contributed by atoms with Crippen LogP contribution in [-0.2, 0) is 17.5 Å². The number of hydrogen-bond donors (Lipinski definition) is 1. The Bertz CT molecular complexity index is 741. The largest absolute Gasteiger partial charge is 0.453 e. The number of carbonyl (C=O) groups excluding carboxylic acids is 1. The number of nitrogens with one attached hydrogen (secondary N) is 1. The van der Waals surface area contributed by atoms with Gasteiger partial charge in [0.05, 0.1) is 12.3 Å². The third kappa shape index (κ3) is 4.37. The summed E-state index contributed by atoms with van der Waals surface area (Å²) in [7, 11) is 0. The molecule has 0 aliphatic rings. The van der Waals surface area contributed by atoms with Gasteiger partial charge in [-0.25, -0.2) is 14.8 Å². The van der Waals surface area contributed by atoms with Gasteiger partial charge in [-0.15, -0.1) is 5.10 Å². The molecule has 2 rings (SSSR count). The van der Waals surface area contributed by atoms with Crippen LogP contribution in [0.1, 0.15) is 18.3 Å². The fraction of sp³-hybridized carbons (Fsp3) is 0.286. The van der Waals surface area contributed by atoms with Crippen LogP contribution in [-0.4, -0.2) is 26.9 Å². The number of amides is 1. The van der Waals surface area contributed by atoms with Gasteiger partial charge in [-0.1, -0.05) is 19.1 Å². The highest BCUT2D eigenvalue weighted by molar-refractivity contribution is 6.02. The minimum atomic E-state index is -4.63. The molecular weight excluding hydrogens is 330 g/mol. The van der Waals surface area contributed by atoms with Crippen molar-refractivity contribution in [1.29, 1.82) is 0 Å². The summed E-state index contributed by atoms with van der Waals surface area (Å²) in [5.41, 5.74) is 2.82. The van der Waals surface area contributed by atoms with E-state index in [2.05, 4.69) is 20.6 Å². The molecule has 1 N–H and O–H groups in total. The fourth-order valence-corrected chi connectivity index (χ4v) is 2.08. The molecule has 0 saturated carbocycles. The molecule has 0 aliphatic carbocycles. The van der Waals surface area contributed by atoms with Crippen LogP contribution in [0.4, 0.5) is 17.6 Å². The van der Waals surface area contributed by atoms with Crippen LogP contribution in [0, 0.1) is 11.7 Å². The number of alkyl halides is 3. The summed E-state index contributed by atoms with van der Waals surface area (Å²) >= 11 is 0. The Morgan fingerprint density at radius 2 is 2.21 bits per heavy atom. The molecule has 1 atom stereocenters. The number of carbonyl (C=O) groups is 1.